The second kappa shape index (κ2) is 7.01. The molecule has 1 saturated heterocycles. The zero-order valence-electron chi connectivity index (χ0n) is 15.6. The molecule has 1 aliphatic rings. The van der Waals surface area contributed by atoms with E-state index in [0.717, 1.165) is 48.6 Å². The third-order valence-corrected chi connectivity index (χ3v) is 5.03. The fourth-order valence-electron chi connectivity index (χ4n) is 3.53. The number of fused-ring (bicyclic) bond motifs is 1. The van der Waals surface area contributed by atoms with Gasteiger partial charge in [0, 0.05) is 38.8 Å². The first-order valence-electron chi connectivity index (χ1n) is 9.26. The van der Waals surface area contributed by atoms with Gasteiger partial charge in [0.25, 0.3) is 0 Å². The summed E-state index contributed by atoms with van der Waals surface area (Å²) in [6.07, 6.45) is 3.44. The standard InChI is InChI=1S/C19H20N8O/c1-25-17-15(11-22-25)18(21-13-20-17)27-9-7-26(8-10-27)12-16-23-24-19(28-16)14-5-3-2-4-6-14/h2-6,11,13H,7-10,12H2,1H3. The Hall–Kier alpha value is -3.33. The van der Waals surface area contributed by atoms with Crippen molar-refractivity contribution in [3.05, 3.63) is 48.7 Å². The Labute approximate surface area is 161 Å². The molecule has 0 radical (unpaired) electrons. The predicted octanol–water partition coefficient (Wildman–Crippen LogP) is 1.74. The predicted molar refractivity (Wildman–Crippen MR) is 104 cm³/mol. The molecule has 0 bridgehead atoms. The summed E-state index contributed by atoms with van der Waals surface area (Å²) >= 11 is 0. The highest BCUT2D eigenvalue weighted by atomic mass is 16.4. The van der Waals surface area contributed by atoms with Crippen LogP contribution in [0.5, 0.6) is 0 Å². The minimum atomic E-state index is 0.564. The molecule has 0 amide bonds. The van der Waals surface area contributed by atoms with Crippen LogP contribution in [0.25, 0.3) is 22.5 Å². The van der Waals surface area contributed by atoms with Gasteiger partial charge in [0.05, 0.1) is 18.1 Å². The third kappa shape index (κ3) is 3.09. The molecule has 0 aliphatic carbocycles. The molecule has 0 atom stereocenters. The molecule has 9 heteroatoms. The molecule has 28 heavy (non-hydrogen) atoms. The van der Waals surface area contributed by atoms with E-state index in [0.29, 0.717) is 18.3 Å². The van der Waals surface area contributed by atoms with E-state index in [1.807, 2.05) is 43.6 Å². The van der Waals surface area contributed by atoms with Gasteiger partial charge in [-0.3, -0.25) is 9.58 Å². The van der Waals surface area contributed by atoms with Crippen LogP contribution in [0.15, 0.2) is 47.3 Å². The first kappa shape index (κ1) is 16.8. The van der Waals surface area contributed by atoms with Gasteiger partial charge in [0.15, 0.2) is 5.65 Å². The molecule has 1 aromatic carbocycles. The summed E-state index contributed by atoms with van der Waals surface area (Å²) in [5.41, 5.74) is 1.79. The fourth-order valence-corrected chi connectivity index (χ4v) is 3.53. The summed E-state index contributed by atoms with van der Waals surface area (Å²) in [6.45, 7) is 4.20. The first-order chi connectivity index (χ1) is 13.8. The van der Waals surface area contributed by atoms with Gasteiger partial charge in [-0.25, -0.2) is 9.97 Å². The quantitative estimate of drug-likeness (QED) is 0.532. The van der Waals surface area contributed by atoms with Crippen LogP contribution < -0.4 is 4.90 Å². The summed E-state index contributed by atoms with van der Waals surface area (Å²) in [5.74, 6) is 2.15. The second-order valence-electron chi connectivity index (χ2n) is 6.83. The normalized spacial score (nSPS) is 15.4. The maximum absolute atomic E-state index is 5.84. The molecule has 3 aromatic heterocycles. The van der Waals surface area contributed by atoms with Crippen molar-refractivity contribution in [3.63, 3.8) is 0 Å². The van der Waals surface area contributed by atoms with Crippen molar-refractivity contribution in [2.75, 3.05) is 31.1 Å². The minimum Gasteiger partial charge on any atom is -0.419 e. The Bertz CT molecular complexity index is 1080. The van der Waals surface area contributed by atoms with Crippen LogP contribution in [-0.2, 0) is 13.6 Å². The monoisotopic (exact) mass is 376 g/mol. The van der Waals surface area contributed by atoms with Gasteiger partial charge in [0.1, 0.15) is 12.1 Å². The molecular formula is C19H20N8O. The Morgan fingerprint density at radius 3 is 2.64 bits per heavy atom. The average Bonchev–Trinajstić information content (AvgIpc) is 3.36. The van der Waals surface area contributed by atoms with Crippen molar-refractivity contribution in [2.24, 2.45) is 7.05 Å². The molecular weight excluding hydrogens is 356 g/mol. The minimum absolute atomic E-state index is 0.564. The Morgan fingerprint density at radius 2 is 1.82 bits per heavy atom. The number of nitrogens with zero attached hydrogens (tertiary/aromatic N) is 8. The number of piperazine rings is 1. The molecule has 0 N–H and O–H groups in total. The van der Waals surface area contributed by atoms with E-state index in [1.165, 1.54) is 0 Å². The Kier molecular flexibility index (Phi) is 4.21. The zero-order chi connectivity index (χ0) is 18.9. The Morgan fingerprint density at radius 1 is 1.00 bits per heavy atom. The van der Waals surface area contributed by atoms with E-state index in [-0.39, 0.29) is 0 Å². The van der Waals surface area contributed by atoms with Crippen molar-refractivity contribution in [1.29, 1.82) is 0 Å². The number of aryl methyl sites for hydroxylation is 1. The third-order valence-electron chi connectivity index (χ3n) is 5.03. The smallest absolute Gasteiger partial charge is 0.247 e. The first-order valence-corrected chi connectivity index (χ1v) is 9.26. The van der Waals surface area contributed by atoms with Gasteiger partial charge in [0.2, 0.25) is 11.8 Å². The SMILES string of the molecule is Cn1ncc2c(N3CCN(Cc4nnc(-c5ccccc5)o4)CC3)ncnc21. The van der Waals surface area contributed by atoms with Gasteiger partial charge in [-0.15, -0.1) is 10.2 Å². The lowest BCUT2D eigenvalue weighted by Crippen LogP contribution is -2.46. The number of hydrogen-bond donors (Lipinski definition) is 0. The number of aromatic nitrogens is 6. The number of benzene rings is 1. The van der Waals surface area contributed by atoms with Crippen molar-refractivity contribution >= 4 is 16.9 Å². The van der Waals surface area contributed by atoms with E-state index in [1.54, 1.807) is 11.0 Å². The van der Waals surface area contributed by atoms with Crippen molar-refractivity contribution < 1.29 is 4.42 Å². The molecule has 1 aliphatic heterocycles. The largest absolute Gasteiger partial charge is 0.419 e. The van der Waals surface area contributed by atoms with Crippen LogP contribution >= 0.6 is 0 Å². The van der Waals surface area contributed by atoms with Crippen molar-refractivity contribution in [1.82, 2.24) is 34.8 Å². The van der Waals surface area contributed by atoms with E-state index >= 15 is 0 Å². The molecule has 5 rings (SSSR count). The molecule has 0 unspecified atom stereocenters. The molecule has 0 spiro atoms. The van der Waals surface area contributed by atoms with Crippen molar-refractivity contribution in [3.8, 4) is 11.5 Å². The molecule has 4 heterocycles. The van der Waals surface area contributed by atoms with E-state index in [9.17, 15) is 0 Å². The number of rotatable bonds is 4. The molecule has 0 saturated carbocycles. The lowest BCUT2D eigenvalue weighted by atomic mass is 10.2. The topological polar surface area (TPSA) is 89.0 Å². The summed E-state index contributed by atoms with van der Waals surface area (Å²) in [5, 5.41) is 13.7. The molecule has 1 fully saturated rings. The van der Waals surface area contributed by atoms with E-state index < -0.39 is 0 Å². The Balaban J connectivity index is 1.25. The molecule has 4 aromatic rings. The highest BCUT2D eigenvalue weighted by Crippen LogP contribution is 2.24. The second-order valence-corrected chi connectivity index (χ2v) is 6.83. The van der Waals surface area contributed by atoms with E-state index in [2.05, 4.69) is 35.1 Å². The van der Waals surface area contributed by atoms with Crippen LogP contribution in [0.1, 0.15) is 5.89 Å². The fraction of sp³-hybridized carbons (Fsp3) is 0.316. The number of hydrogen-bond acceptors (Lipinski definition) is 8. The number of anilines is 1. The maximum atomic E-state index is 5.84. The van der Waals surface area contributed by atoms with Crippen LogP contribution in [-0.4, -0.2) is 61.0 Å². The van der Waals surface area contributed by atoms with Crippen LogP contribution in [0.4, 0.5) is 5.82 Å². The van der Waals surface area contributed by atoms with Gasteiger partial charge < -0.3 is 9.32 Å². The van der Waals surface area contributed by atoms with Gasteiger partial charge >= 0.3 is 0 Å². The molecule has 142 valence electrons. The highest BCUT2D eigenvalue weighted by Gasteiger charge is 2.22. The van der Waals surface area contributed by atoms with Crippen molar-refractivity contribution in [2.45, 2.75) is 6.54 Å². The van der Waals surface area contributed by atoms with Crippen LogP contribution in [0.3, 0.4) is 0 Å². The lowest BCUT2D eigenvalue weighted by Gasteiger charge is -2.34. The lowest BCUT2D eigenvalue weighted by molar-refractivity contribution is 0.226. The highest BCUT2D eigenvalue weighted by molar-refractivity contribution is 5.86. The van der Waals surface area contributed by atoms with Gasteiger partial charge in [-0.2, -0.15) is 5.10 Å². The average molecular weight is 376 g/mol. The van der Waals surface area contributed by atoms with Gasteiger partial charge in [-0.05, 0) is 12.1 Å². The van der Waals surface area contributed by atoms with Gasteiger partial charge in [-0.1, -0.05) is 18.2 Å². The summed E-state index contributed by atoms with van der Waals surface area (Å²) in [4.78, 5) is 13.4. The van der Waals surface area contributed by atoms with Crippen LogP contribution in [0, 0.1) is 0 Å². The summed E-state index contributed by atoms with van der Waals surface area (Å²) in [7, 11) is 1.89. The maximum Gasteiger partial charge on any atom is 0.247 e. The molecule has 9 nitrogen and oxygen atoms in total. The summed E-state index contributed by atoms with van der Waals surface area (Å²) < 4.78 is 7.61. The van der Waals surface area contributed by atoms with E-state index in [4.69, 9.17) is 4.42 Å². The van der Waals surface area contributed by atoms with Crippen LogP contribution in [0.2, 0.25) is 0 Å². The zero-order valence-corrected chi connectivity index (χ0v) is 15.6. The summed E-state index contributed by atoms with van der Waals surface area (Å²) in [6, 6.07) is 9.83.